The number of fused-ring (bicyclic) bond motifs is 1. The van der Waals surface area contributed by atoms with Crippen molar-refractivity contribution < 1.29 is 4.74 Å². The van der Waals surface area contributed by atoms with Crippen LogP contribution in [0.4, 0.5) is 5.69 Å². The molecule has 2 aromatic carbocycles. The van der Waals surface area contributed by atoms with Gasteiger partial charge in [0.2, 0.25) is 5.88 Å². The highest BCUT2D eigenvalue weighted by Crippen LogP contribution is 2.24. The number of nitrogens with zero attached hydrogens (tertiary/aromatic N) is 4. The third-order valence-corrected chi connectivity index (χ3v) is 5.16. The third-order valence-electron chi connectivity index (χ3n) is 5.16. The summed E-state index contributed by atoms with van der Waals surface area (Å²) < 4.78 is 7.19. The van der Waals surface area contributed by atoms with Crippen LogP contribution in [-0.4, -0.2) is 26.5 Å². The molecule has 0 aliphatic heterocycles. The van der Waals surface area contributed by atoms with Gasteiger partial charge in [0.05, 0.1) is 30.9 Å². The Bertz CT molecular complexity index is 1300. The van der Waals surface area contributed by atoms with Crippen molar-refractivity contribution in [3.63, 3.8) is 0 Å². The first-order valence-electron chi connectivity index (χ1n) is 10.0. The summed E-state index contributed by atoms with van der Waals surface area (Å²) in [6.07, 6.45) is 7.43. The summed E-state index contributed by atoms with van der Waals surface area (Å²) in [5.74, 6) is 0.585. The fourth-order valence-corrected chi connectivity index (χ4v) is 3.46. The highest BCUT2D eigenvalue weighted by atomic mass is 16.5. The summed E-state index contributed by atoms with van der Waals surface area (Å²) in [6.45, 7) is 0.771. The minimum atomic E-state index is 0.585. The largest absolute Gasteiger partial charge is 0.481 e. The van der Waals surface area contributed by atoms with E-state index < -0.39 is 0 Å². The molecular formula is C25H21N5O. The summed E-state index contributed by atoms with van der Waals surface area (Å²) in [7, 11) is 1.61. The lowest BCUT2D eigenvalue weighted by Gasteiger charge is -2.08. The number of nitrogens with one attached hydrogen (secondary N) is 1. The van der Waals surface area contributed by atoms with Crippen molar-refractivity contribution in [3.8, 4) is 28.4 Å². The molecule has 0 aliphatic rings. The van der Waals surface area contributed by atoms with Crippen LogP contribution >= 0.6 is 0 Å². The molecule has 6 heteroatoms. The van der Waals surface area contributed by atoms with E-state index in [-0.39, 0.29) is 0 Å². The number of benzene rings is 2. The maximum Gasteiger partial charge on any atom is 0.212 e. The summed E-state index contributed by atoms with van der Waals surface area (Å²) >= 11 is 0. The van der Waals surface area contributed by atoms with Crippen molar-refractivity contribution in [3.05, 3.63) is 97.1 Å². The van der Waals surface area contributed by atoms with Crippen LogP contribution in [-0.2, 0) is 6.54 Å². The minimum absolute atomic E-state index is 0.585. The molecule has 3 aromatic heterocycles. The zero-order valence-electron chi connectivity index (χ0n) is 17.1. The standard InChI is InChI=1S/C25H21N5O/c1-31-25-12-11-20(14-29-25)23-15-28-24-16-27-22(17-30(23)24)19-9-7-18(8-10-19)13-26-21-5-3-2-4-6-21/h2-12,14-17,26H,13H2,1H3. The lowest BCUT2D eigenvalue weighted by Crippen LogP contribution is -1.99. The van der Waals surface area contributed by atoms with E-state index in [2.05, 4.69) is 56.7 Å². The molecule has 5 aromatic rings. The fourth-order valence-electron chi connectivity index (χ4n) is 3.46. The van der Waals surface area contributed by atoms with Gasteiger partial charge in [-0.05, 0) is 23.8 Å². The smallest absolute Gasteiger partial charge is 0.212 e. The Morgan fingerprint density at radius 1 is 0.806 bits per heavy atom. The second kappa shape index (κ2) is 8.28. The topological polar surface area (TPSA) is 64.3 Å². The number of imidazole rings is 1. The minimum Gasteiger partial charge on any atom is -0.481 e. The van der Waals surface area contributed by atoms with Crippen LogP contribution in [0.3, 0.4) is 0 Å². The Balaban J connectivity index is 1.39. The van der Waals surface area contributed by atoms with Crippen LogP contribution in [0, 0.1) is 0 Å². The molecule has 0 atom stereocenters. The van der Waals surface area contributed by atoms with Crippen molar-refractivity contribution in [2.75, 3.05) is 12.4 Å². The average molecular weight is 407 g/mol. The van der Waals surface area contributed by atoms with Crippen LogP contribution in [0.15, 0.2) is 91.5 Å². The van der Waals surface area contributed by atoms with Gasteiger partial charge in [-0.15, -0.1) is 0 Å². The van der Waals surface area contributed by atoms with Crippen molar-refractivity contribution in [2.45, 2.75) is 6.54 Å². The van der Waals surface area contributed by atoms with Gasteiger partial charge in [-0.3, -0.25) is 9.38 Å². The van der Waals surface area contributed by atoms with E-state index >= 15 is 0 Å². The number of hydrogen-bond donors (Lipinski definition) is 1. The number of methoxy groups -OCH3 is 1. The van der Waals surface area contributed by atoms with Crippen LogP contribution in [0.1, 0.15) is 5.56 Å². The number of ether oxygens (including phenoxy) is 1. The van der Waals surface area contributed by atoms with Crippen molar-refractivity contribution >= 4 is 11.3 Å². The zero-order valence-corrected chi connectivity index (χ0v) is 17.1. The third kappa shape index (κ3) is 3.96. The predicted molar refractivity (Wildman–Crippen MR) is 122 cm³/mol. The lowest BCUT2D eigenvalue weighted by molar-refractivity contribution is 0.398. The molecule has 0 spiro atoms. The summed E-state index contributed by atoms with van der Waals surface area (Å²) in [5.41, 5.74) is 6.97. The van der Waals surface area contributed by atoms with Gasteiger partial charge in [-0.25, -0.2) is 9.97 Å². The molecule has 1 N–H and O–H groups in total. The number of rotatable bonds is 6. The van der Waals surface area contributed by atoms with E-state index in [4.69, 9.17) is 4.74 Å². The number of hydrogen-bond acceptors (Lipinski definition) is 5. The van der Waals surface area contributed by atoms with Gasteiger partial charge in [-0.2, -0.15) is 0 Å². The number of aromatic nitrogens is 4. The van der Waals surface area contributed by atoms with Crippen LogP contribution in [0.2, 0.25) is 0 Å². The zero-order chi connectivity index (χ0) is 21.0. The van der Waals surface area contributed by atoms with E-state index in [1.54, 1.807) is 19.5 Å². The molecule has 5 rings (SSSR count). The second-order valence-corrected chi connectivity index (χ2v) is 7.15. The van der Waals surface area contributed by atoms with E-state index in [1.165, 1.54) is 5.56 Å². The Morgan fingerprint density at radius 3 is 2.35 bits per heavy atom. The summed E-state index contributed by atoms with van der Waals surface area (Å²) in [5, 5.41) is 3.43. The molecule has 3 heterocycles. The molecule has 0 radical (unpaired) electrons. The Hall–Kier alpha value is -4.19. The molecule has 0 fully saturated rings. The first-order valence-corrected chi connectivity index (χ1v) is 10.0. The monoisotopic (exact) mass is 407 g/mol. The highest BCUT2D eigenvalue weighted by molar-refractivity contribution is 5.66. The van der Waals surface area contributed by atoms with Crippen LogP contribution < -0.4 is 10.1 Å². The quantitative estimate of drug-likeness (QED) is 0.425. The van der Waals surface area contributed by atoms with Gasteiger partial charge < -0.3 is 10.1 Å². The molecule has 152 valence electrons. The van der Waals surface area contributed by atoms with Crippen LogP contribution in [0.5, 0.6) is 5.88 Å². The first-order chi connectivity index (χ1) is 15.3. The number of para-hydroxylation sites is 1. The molecule has 31 heavy (non-hydrogen) atoms. The summed E-state index contributed by atoms with van der Waals surface area (Å²) in [6, 6.07) is 22.5. The van der Waals surface area contributed by atoms with E-state index in [0.717, 1.165) is 40.4 Å². The highest BCUT2D eigenvalue weighted by Gasteiger charge is 2.09. The number of anilines is 1. The van der Waals surface area contributed by atoms with Gasteiger partial charge in [-0.1, -0.05) is 42.5 Å². The first kappa shape index (κ1) is 18.8. The van der Waals surface area contributed by atoms with Crippen molar-refractivity contribution in [2.24, 2.45) is 0 Å². The maximum absolute atomic E-state index is 5.16. The SMILES string of the molecule is COc1ccc(-c2cnc3cnc(-c4ccc(CNc5ccccc5)cc4)cn23)cn1. The maximum atomic E-state index is 5.16. The molecule has 0 amide bonds. The predicted octanol–water partition coefficient (Wildman–Crippen LogP) is 5.08. The molecule has 0 saturated heterocycles. The lowest BCUT2D eigenvalue weighted by atomic mass is 10.1. The van der Waals surface area contributed by atoms with E-state index in [0.29, 0.717) is 5.88 Å². The molecule has 0 bridgehead atoms. The van der Waals surface area contributed by atoms with Crippen LogP contribution in [0.25, 0.3) is 28.2 Å². The normalized spacial score (nSPS) is 10.9. The van der Waals surface area contributed by atoms with Gasteiger partial charge in [0, 0.05) is 41.8 Å². The number of pyridine rings is 1. The summed E-state index contributed by atoms with van der Waals surface area (Å²) in [4.78, 5) is 13.4. The molecule has 0 saturated carbocycles. The second-order valence-electron chi connectivity index (χ2n) is 7.15. The van der Waals surface area contributed by atoms with Gasteiger partial charge in [0.15, 0.2) is 5.65 Å². The average Bonchev–Trinajstić information content (AvgIpc) is 3.27. The molecule has 0 unspecified atom stereocenters. The molecule has 0 aliphatic carbocycles. The Kier molecular flexibility index (Phi) is 5.02. The van der Waals surface area contributed by atoms with E-state index in [1.807, 2.05) is 47.1 Å². The van der Waals surface area contributed by atoms with Crippen molar-refractivity contribution in [1.29, 1.82) is 0 Å². The van der Waals surface area contributed by atoms with Gasteiger partial charge >= 0.3 is 0 Å². The Labute approximate surface area is 180 Å². The van der Waals surface area contributed by atoms with Gasteiger partial charge in [0.1, 0.15) is 0 Å². The Morgan fingerprint density at radius 2 is 1.61 bits per heavy atom. The van der Waals surface area contributed by atoms with Gasteiger partial charge in [0.25, 0.3) is 0 Å². The van der Waals surface area contributed by atoms with E-state index in [9.17, 15) is 0 Å². The van der Waals surface area contributed by atoms with Crippen molar-refractivity contribution in [1.82, 2.24) is 19.4 Å². The fraction of sp³-hybridized carbons (Fsp3) is 0.0800. The molecule has 6 nitrogen and oxygen atoms in total. The molecular weight excluding hydrogens is 386 g/mol.